The lowest BCUT2D eigenvalue weighted by molar-refractivity contribution is -0.0993. The van der Waals surface area contributed by atoms with Crippen LogP contribution in [0.3, 0.4) is 0 Å². The van der Waals surface area contributed by atoms with E-state index in [0.29, 0.717) is 30.1 Å². The van der Waals surface area contributed by atoms with Crippen LogP contribution in [0.4, 0.5) is 0 Å². The zero-order chi connectivity index (χ0) is 18.1. The Morgan fingerprint density at radius 3 is 2.72 bits per heavy atom. The van der Waals surface area contributed by atoms with Gasteiger partial charge in [-0.3, -0.25) is 0 Å². The first-order valence-corrected chi connectivity index (χ1v) is 10.5. The lowest BCUT2D eigenvalue weighted by Gasteiger charge is -2.47. The first-order chi connectivity index (χ1) is 11.8. The van der Waals surface area contributed by atoms with Crippen LogP contribution in [0.1, 0.15) is 65.4 Å². The average Bonchev–Trinajstić information content (AvgIpc) is 2.57. The number of hydrogen-bond acceptors (Lipinski definition) is 3. The summed E-state index contributed by atoms with van der Waals surface area (Å²) >= 11 is 1.68. The Morgan fingerprint density at radius 2 is 2.04 bits per heavy atom. The second-order valence-corrected chi connectivity index (χ2v) is 9.88. The van der Waals surface area contributed by atoms with Crippen molar-refractivity contribution in [3.8, 4) is 0 Å². The molecular weight excluding hydrogens is 328 g/mol. The molecule has 1 saturated carbocycles. The lowest BCUT2D eigenvalue weighted by atomic mass is 9.66. The van der Waals surface area contributed by atoms with Crippen molar-refractivity contribution >= 4 is 11.8 Å². The molecule has 1 aliphatic carbocycles. The maximum Gasteiger partial charge on any atom is 0.107 e. The number of aryl methyl sites for hydroxylation is 1. The van der Waals surface area contributed by atoms with Crippen LogP contribution in [-0.2, 0) is 11.2 Å². The third-order valence-corrected chi connectivity index (χ3v) is 7.15. The van der Waals surface area contributed by atoms with Crippen LogP contribution in [-0.4, -0.2) is 17.3 Å². The summed E-state index contributed by atoms with van der Waals surface area (Å²) < 4.78 is 6.42. The summed E-state index contributed by atoms with van der Waals surface area (Å²) in [5.41, 5.74) is 1.50. The van der Waals surface area contributed by atoms with E-state index in [0.717, 1.165) is 24.2 Å². The van der Waals surface area contributed by atoms with Gasteiger partial charge in [0.2, 0.25) is 0 Å². The molecule has 0 aromatic heterocycles. The summed E-state index contributed by atoms with van der Waals surface area (Å²) in [5.74, 6) is 1.22. The van der Waals surface area contributed by atoms with E-state index in [1.165, 1.54) is 23.3 Å². The monoisotopic (exact) mass is 360 g/mol. The fourth-order valence-electron chi connectivity index (χ4n) is 4.23. The highest BCUT2D eigenvalue weighted by Crippen LogP contribution is 2.49. The van der Waals surface area contributed by atoms with Crippen molar-refractivity contribution in [2.45, 2.75) is 76.7 Å². The molecule has 3 rings (SSSR count). The molecule has 0 saturated heterocycles. The fraction of sp³-hybridized carbons (Fsp3) is 0.636. The summed E-state index contributed by atoms with van der Waals surface area (Å²) in [6.45, 7) is 9.72. The maximum atomic E-state index is 10.8. The highest BCUT2D eigenvalue weighted by molar-refractivity contribution is 8.03. The Morgan fingerprint density at radius 1 is 1.28 bits per heavy atom. The Bertz CT molecular complexity index is 644. The highest BCUT2D eigenvalue weighted by atomic mass is 32.2. The van der Waals surface area contributed by atoms with Gasteiger partial charge in [0.1, 0.15) is 5.76 Å². The van der Waals surface area contributed by atoms with E-state index in [4.69, 9.17) is 4.74 Å². The highest BCUT2D eigenvalue weighted by Gasteiger charge is 2.44. The third-order valence-electron chi connectivity index (χ3n) is 5.94. The second-order valence-electron chi connectivity index (χ2n) is 8.74. The number of benzene rings is 1. The Hall–Kier alpha value is -0.930. The van der Waals surface area contributed by atoms with Gasteiger partial charge in [-0.05, 0) is 48.6 Å². The molecular formula is C22H32O2S. The van der Waals surface area contributed by atoms with Crippen molar-refractivity contribution in [3.05, 3.63) is 40.5 Å². The largest absolute Gasteiger partial charge is 0.511 e. The summed E-state index contributed by atoms with van der Waals surface area (Å²) in [6.07, 6.45) is 6.32. The van der Waals surface area contributed by atoms with Gasteiger partial charge in [-0.15, -0.1) is 0 Å². The number of aliphatic hydroxyl groups is 1. The van der Waals surface area contributed by atoms with Gasteiger partial charge in [-0.25, -0.2) is 0 Å². The predicted molar refractivity (Wildman–Crippen MR) is 106 cm³/mol. The Labute approximate surface area is 157 Å². The van der Waals surface area contributed by atoms with Crippen LogP contribution in [0.25, 0.3) is 0 Å². The molecule has 1 N–H and O–H groups in total. The third kappa shape index (κ3) is 4.25. The summed E-state index contributed by atoms with van der Waals surface area (Å²) in [6, 6.07) is 8.46. The Kier molecular flexibility index (Phi) is 5.55. The van der Waals surface area contributed by atoms with Crippen molar-refractivity contribution in [2.24, 2.45) is 11.3 Å². The average molecular weight is 361 g/mol. The van der Waals surface area contributed by atoms with E-state index in [-0.39, 0.29) is 5.60 Å². The van der Waals surface area contributed by atoms with Crippen molar-refractivity contribution in [3.63, 3.8) is 0 Å². The van der Waals surface area contributed by atoms with Gasteiger partial charge in [-0.1, -0.05) is 64.1 Å². The molecule has 0 radical (unpaired) electrons. The molecule has 138 valence electrons. The minimum Gasteiger partial charge on any atom is -0.511 e. The van der Waals surface area contributed by atoms with E-state index < -0.39 is 0 Å². The molecule has 1 aliphatic heterocycles. The molecule has 2 unspecified atom stereocenters. The van der Waals surface area contributed by atoms with E-state index in [2.05, 4.69) is 52.0 Å². The number of thioether (sulfide) groups is 1. The topological polar surface area (TPSA) is 29.5 Å². The van der Waals surface area contributed by atoms with Gasteiger partial charge < -0.3 is 9.84 Å². The molecule has 1 aromatic carbocycles. The van der Waals surface area contributed by atoms with Crippen molar-refractivity contribution in [1.29, 1.82) is 0 Å². The molecule has 0 amide bonds. The normalized spacial score (nSPS) is 27.8. The van der Waals surface area contributed by atoms with Gasteiger partial charge in [0.25, 0.3) is 0 Å². The van der Waals surface area contributed by atoms with Gasteiger partial charge in [0.05, 0.1) is 17.1 Å². The number of rotatable bonds is 3. The number of ether oxygens (including phenoxy) is 1. The first-order valence-electron chi connectivity index (χ1n) is 9.64. The van der Waals surface area contributed by atoms with E-state index in [1.807, 2.05) is 0 Å². The molecule has 2 aliphatic rings. The molecule has 1 aromatic rings. The maximum absolute atomic E-state index is 10.8. The van der Waals surface area contributed by atoms with Gasteiger partial charge in [0.15, 0.2) is 0 Å². The minimum absolute atomic E-state index is 0.144. The second kappa shape index (κ2) is 7.36. The zero-order valence-electron chi connectivity index (χ0n) is 16.1. The van der Waals surface area contributed by atoms with Crippen LogP contribution in [0, 0.1) is 11.3 Å². The molecule has 1 heterocycles. The van der Waals surface area contributed by atoms with Crippen LogP contribution >= 0.6 is 11.8 Å². The van der Waals surface area contributed by atoms with Crippen LogP contribution in [0.2, 0.25) is 0 Å². The molecule has 2 atom stereocenters. The number of aliphatic hydroxyl groups excluding tert-OH is 1. The molecule has 25 heavy (non-hydrogen) atoms. The summed E-state index contributed by atoms with van der Waals surface area (Å²) in [7, 11) is 0. The van der Waals surface area contributed by atoms with Crippen molar-refractivity contribution in [1.82, 2.24) is 0 Å². The molecule has 2 nitrogen and oxygen atoms in total. The fourth-order valence-corrected chi connectivity index (χ4v) is 5.29. The molecule has 0 bridgehead atoms. The quantitative estimate of drug-likeness (QED) is 0.666. The van der Waals surface area contributed by atoms with Crippen molar-refractivity contribution in [2.75, 3.05) is 6.61 Å². The molecule has 1 fully saturated rings. The first kappa shape index (κ1) is 18.8. The Balaban J connectivity index is 1.75. The number of hydrogen-bond donors (Lipinski definition) is 1. The lowest BCUT2D eigenvalue weighted by Crippen LogP contribution is -2.44. The predicted octanol–water partition coefficient (Wildman–Crippen LogP) is 6.51. The van der Waals surface area contributed by atoms with Crippen molar-refractivity contribution < 1.29 is 9.84 Å². The smallest absolute Gasteiger partial charge is 0.107 e. The van der Waals surface area contributed by atoms with Gasteiger partial charge in [0, 0.05) is 11.3 Å². The van der Waals surface area contributed by atoms with Crippen LogP contribution in [0.15, 0.2) is 39.8 Å². The van der Waals surface area contributed by atoms with Crippen LogP contribution < -0.4 is 0 Å². The summed E-state index contributed by atoms with van der Waals surface area (Å²) in [4.78, 5) is 2.23. The zero-order valence-corrected chi connectivity index (χ0v) is 16.9. The van der Waals surface area contributed by atoms with Crippen LogP contribution in [0.5, 0.6) is 0 Å². The van der Waals surface area contributed by atoms with Gasteiger partial charge >= 0.3 is 0 Å². The standard InChI is InChI=1S/C22H32O2S/c1-5-16-9-6-7-11-19(16)25-20-15-24-22(14-18(20)23)12-8-10-17(13-22)21(2,3)4/h6-7,9,11,17,23H,5,8,10,12-15H2,1-4H3. The SMILES string of the molecule is CCc1ccccc1SC1=C(O)CC2(CCCC(C(C)(C)C)C2)OC1. The molecule has 3 heteroatoms. The molecule has 1 spiro atoms. The summed E-state index contributed by atoms with van der Waals surface area (Å²) in [5, 5.41) is 10.8. The van der Waals surface area contributed by atoms with Gasteiger partial charge in [-0.2, -0.15) is 0 Å². The van der Waals surface area contributed by atoms with E-state index in [1.54, 1.807) is 11.8 Å². The minimum atomic E-state index is -0.144. The van der Waals surface area contributed by atoms with E-state index >= 15 is 0 Å². The van der Waals surface area contributed by atoms with E-state index in [9.17, 15) is 5.11 Å².